The van der Waals surface area contributed by atoms with Crippen LogP contribution in [0.4, 0.5) is 5.95 Å². The van der Waals surface area contributed by atoms with E-state index in [9.17, 15) is 9.59 Å². The van der Waals surface area contributed by atoms with Crippen molar-refractivity contribution < 1.29 is 19.1 Å². The fourth-order valence-electron chi connectivity index (χ4n) is 4.65. The summed E-state index contributed by atoms with van der Waals surface area (Å²) in [5.74, 6) is -0.919. The second kappa shape index (κ2) is 9.02. The summed E-state index contributed by atoms with van der Waals surface area (Å²) in [7, 11) is 1.58. The van der Waals surface area contributed by atoms with Gasteiger partial charge in [-0.05, 0) is 30.7 Å². The Kier molecular flexibility index (Phi) is 5.76. The second-order valence-electron chi connectivity index (χ2n) is 8.10. The molecule has 0 aliphatic carbocycles. The zero-order valence-corrected chi connectivity index (χ0v) is 19.0. The fourth-order valence-corrected chi connectivity index (χ4v) is 4.65. The molecule has 1 aromatic heterocycles. The standard InChI is InChI=1S/C27H25N3O4/c1-3-34-26(32)23-24(19-13-7-10-16-22(19)33-2)30-21-15-9-8-14-20(21)28-27(30)29(25(23)31)17-18-11-5-4-6-12-18/h4-16,23-24H,3,17H2,1-2H3/t23-,24+/m1/s1. The van der Waals surface area contributed by atoms with Crippen LogP contribution in [0.2, 0.25) is 0 Å². The molecule has 0 N–H and O–H groups in total. The van der Waals surface area contributed by atoms with Crippen LogP contribution in [0.25, 0.3) is 11.0 Å². The first-order valence-electron chi connectivity index (χ1n) is 11.3. The molecule has 7 heteroatoms. The third kappa shape index (κ3) is 3.59. The molecule has 1 aliphatic rings. The van der Waals surface area contributed by atoms with Gasteiger partial charge in [0.25, 0.3) is 0 Å². The lowest BCUT2D eigenvalue weighted by Crippen LogP contribution is -2.49. The highest BCUT2D eigenvalue weighted by Gasteiger charge is 2.48. The number of hydrogen-bond acceptors (Lipinski definition) is 5. The number of para-hydroxylation sites is 3. The Morgan fingerprint density at radius 2 is 1.68 bits per heavy atom. The van der Waals surface area contributed by atoms with E-state index in [2.05, 4.69) is 0 Å². The molecule has 1 aliphatic heterocycles. The number of anilines is 1. The maximum Gasteiger partial charge on any atom is 0.321 e. The lowest BCUT2D eigenvalue weighted by Gasteiger charge is -2.38. The van der Waals surface area contributed by atoms with Crippen molar-refractivity contribution in [3.8, 4) is 5.75 Å². The first-order valence-corrected chi connectivity index (χ1v) is 11.3. The number of carbonyl (C=O) groups excluding carboxylic acids is 2. The molecular formula is C27H25N3O4. The number of imidazole rings is 1. The van der Waals surface area contributed by atoms with Crippen molar-refractivity contribution in [3.05, 3.63) is 90.0 Å². The van der Waals surface area contributed by atoms with Gasteiger partial charge in [0.15, 0.2) is 5.92 Å². The quantitative estimate of drug-likeness (QED) is 0.319. The highest BCUT2D eigenvalue weighted by molar-refractivity contribution is 6.08. The van der Waals surface area contributed by atoms with Gasteiger partial charge in [-0.15, -0.1) is 0 Å². The summed E-state index contributed by atoms with van der Waals surface area (Å²) in [6.07, 6.45) is 0. The number of nitrogens with zero attached hydrogens (tertiary/aromatic N) is 3. The predicted molar refractivity (Wildman–Crippen MR) is 129 cm³/mol. The largest absolute Gasteiger partial charge is 0.496 e. The number of amides is 1. The number of methoxy groups -OCH3 is 1. The summed E-state index contributed by atoms with van der Waals surface area (Å²) in [4.78, 5) is 33.7. The number of carbonyl (C=O) groups is 2. The van der Waals surface area contributed by atoms with Gasteiger partial charge in [-0.1, -0.05) is 60.7 Å². The van der Waals surface area contributed by atoms with Crippen LogP contribution in [0.1, 0.15) is 24.1 Å². The van der Waals surface area contributed by atoms with E-state index in [1.807, 2.05) is 83.4 Å². The van der Waals surface area contributed by atoms with Crippen molar-refractivity contribution in [2.75, 3.05) is 18.6 Å². The smallest absolute Gasteiger partial charge is 0.321 e. The van der Waals surface area contributed by atoms with Crippen molar-refractivity contribution in [1.82, 2.24) is 9.55 Å². The Morgan fingerprint density at radius 1 is 0.971 bits per heavy atom. The molecule has 2 atom stereocenters. The maximum atomic E-state index is 14.0. The minimum atomic E-state index is -1.09. The molecule has 7 nitrogen and oxygen atoms in total. The van der Waals surface area contributed by atoms with Crippen LogP contribution < -0.4 is 9.64 Å². The van der Waals surface area contributed by atoms with Crippen molar-refractivity contribution in [1.29, 1.82) is 0 Å². The van der Waals surface area contributed by atoms with E-state index in [0.29, 0.717) is 11.7 Å². The van der Waals surface area contributed by atoms with Gasteiger partial charge < -0.3 is 14.0 Å². The number of aromatic nitrogens is 2. The van der Waals surface area contributed by atoms with E-state index in [1.54, 1.807) is 18.9 Å². The Balaban J connectivity index is 1.78. The molecule has 0 radical (unpaired) electrons. The molecule has 4 aromatic rings. The lowest BCUT2D eigenvalue weighted by molar-refractivity contribution is -0.153. The highest BCUT2D eigenvalue weighted by Crippen LogP contribution is 2.44. The fraction of sp³-hybridized carbons (Fsp3) is 0.222. The number of esters is 1. The van der Waals surface area contributed by atoms with Gasteiger partial charge in [-0.3, -0.25) is 14.5 Å². The summed E-state index contributed by atoms with van der Waals surface area (Å²) in [6.45, 7) is 2.21. The van der Waals surface area contributed by atoms with Crippen LogP contribution in [0, 0.1) is 5.92 Å². The van der Waals surface area contributed by atoms with Crippen LogP contribution in [0.5, 0.6) is 5.75 Å². The molecule has 0 saturated carbocycles. The van der Waals surface area contributed by atoms with Gasteiger partial charge in [0.2, 0.25) is 11.9 Å². The number of benzene rings is 3. The average Bonchev–Trinajstić information content (AvgIpc) is 3.25. The van der Waals surface area contributed by atoms with E-state index >= 15 is 0 Å². The first kappa shape index (κ1) is 21.7. The van der Waals surface area contributed by atoms with Crippen LogP contribution >= 0.6 is 0 Å². The summed E-state index contributed by atoms with van der Waals surface area (Å²) >= 11 is 0. The van der Waals surface area contributed by atoms with Gasteiger partial charge in [-0.25, -0.2) is 4.98 Å². The van der Waals surface area contributed by atoms with Crippen molar-refractivity contribution in [3.63, 3.8) is 0 Å². The van der Waals surface area contributed by atoms with E-state index in [0.717, 1.165) is 22.2 Å². The number of fused-ring (bicyclic) bond motifs is 3. The topological polar surface area (TPSA) is 73.7 Å². The van der Waals surface area contributed by atoms with E-state index < -0.39 is 17.9 Å². The Bertz CT molecular complexity index is 1350. The first-order chi connectivity index (χ1) is 16.6. The molecule has 172 valence electrons. The molecule has 0 spiro atoms. The monoisotopic (exact) mass is 455 g/mol. The van der Waals surface area contributed by atoms with Crippen molar-refractivity contribution in [2.45, 2.75) is 19.5 Å². The van der Waals surface area contributed by atoms with Gasteiger partial charge >= 0.3 is 5.97 Å². The SMILES string of the molecule is CCOC(=O)[C@H]1C(=O)N(Cc2ccccc2)c2nc3ccccc3n2[C@H]1c1ccccc1OC. The molecule has 0 unspecified atom stereocenters. The Labute approximate surface area is 197 Å². The second-order valence-corrected chi connectivity index (χ2v) is 8.10. The summed E-state index contributed by atoms with van der Waals surface area (Å²) in [5.41, 5.74) is 3.23. The zero-order chi connectivity index (χ0) is 23.7. The maximum absolute atomic E-state index is 14.0. The Hall–Kier alpha value is -4.13. The molecule has 0 fully saturated rings. The van der Waals surface area contributed by atoms with Crippen LogP contribution in [0.3, 0.4) is 0 Å². The van der Waals surface area contributed by atoms with Crippen molar-refractivity contribution >= 4 is 28.9 Å². The van der Waals surface area contributed by atoms with Crippen LogP contribution in [-0.4, -0.2) is 35.1 Å². The molecular weight excluding hydrogens is 430 g/mol. The van der Waals surface area contributed by atoms with Gasteiger partial charge in [0.1, 0.15) is 5.75 Å². The summed E-state index contributed by atoms with van der Waals surface area (Å²) < 4.78 is 13.0. The minimum Gasteiger partial charge on any atom is -0.496 e. The summed E-state index contributed by atoms with van der Waals surface area (Å²) in [6, 6.07) is 24.1. The molecule has 2 heterocycles. The van der Waals surface area contributed by atoms with E-state index in [-0.39, 0.29) is 19.1 Å². The molecule has 34 heavy (non-hydrogen) atoms. The van der Waals surface area contributed by atoms with Gasteiger partial charge in [0.05, 0.1) is 37.3 Å². The predicted octanol–water partition coefficient (Wildman–Crippen LogP) is 4.36. The number of hydrogen-bond donors (Lipinski definition) is 0. The number of ether oxygens (including phenoxy) is 2. The molecule has 0 bridgehead atoms. The normalized spacial score (nSPS) is 17.5. The molecule has 1 amide bonds. The molecule has 3 aromatic carbocycles. The third-order valence-electron chi connectivity index (χ3n) is 6.13. The highest BCUT2D eigenvalue weighted by atomic mass is 16.5. The zero-order valence-electron chi connectivity index (χ0n) is 19.0. The Morgan fingerprint density at radius 3 is 2.44 bits per heavy atom. The van der Waals surface area contributed by atoms with Crippen LogP contribution in [0.15, 0.2) is 78.9 Å². The average molecular weight is 456 g/mol. The van der Waals surface area contributed by atoms with Crippen molar-refractivity contribution in [2.24, 2.45) is 5.92 Å². The summed E-state index contributed by atoms with van der Waals surface area (Å²) in [5, 5.41) is 0. The lowest BCUT2D eigenvalue weighted by atomic mass is 9.88. The van der Waals surface area contributed by atoms with E-state index in [1.165, 1.54) is 0 Å². The van der Waals surface area contributed by atoms with Crippen LogP contribution in [-0.2, 0) is 20.9 Å². The number of rotatable bonds is 6. The van der Waals surface area contributed by atoms with Gasteiger partial charge in [-0.2, -0.15) is 0 Å². The van der Waals surface area contributed by atoms with Gasteiger partial charge in [0, 0.05) is 5.56 Å². The minimum absolute atomic E-state index is 0.178. The van der Waals surface area contributed by atoms with E-state index in [4.69, 9.17) is 14.5 Å². The third-order valence-corrected chi connectivity index (χ3v) is 6.13. The molecule has 5 rings (SSSR count). The molecule has 0 saturated heterocycles.